The molecule has 0 aliphatic carbocycles. The van der Waals surface area contributed by atoms with Gasteiger partial charge < -0.3 is 4.74 Å². The first-order chi connectivity index (χ1) is 14.2. The Morgan fingerprint density at radius 1 is 0.690 bits per heavy atom. The molecule has 1 nitrogen and oxygen atoms in total. The first-order valence-electron chi connectivity index (χ1n) is 12.0. The molecule has 2 rings (SSSR count). The highest BCUT2D eigenvalue weighted by Gasteiger charge is 2.02. The minimum atomic E-state index is 0.822. The van der Waals surface area contributed by atoms with Crippen molar-refractivity contribution < 1.29 is 4.74 Å². The minimum absolute atomic E-state index is 0.822. The molecule has 1 unspecified atom stereocenters. The molecule has 29 heavy (non-hydrogen) atoms. The number of aryl methyl sites for hydroxylation is 1. The second-order valence-corrected chi connectivity index (χ2v) is 8.60. The second-order valence-electron chi connectivity index (χ2n) is 8.60. The van der Waals surface area contributed by atoms with E-state index in [9.17, 15) is 0 Å². The van der Waals surface area contributed by atoms with E-state index in [1.807, 2.05) is 0 Å². The number of unbranched alkanes of at least 4 members (excludes halogenated alkanes) is 6. The van der Waals surface area contributed by atoms with Crippen LogP contribution in [-0.2, 0) is 6.42 Å². The summed E-state index contributed by atoms with van der Waals surface area (Å²) in [5.41, 5.74) is 4.01. The predicted octanol–water partition coefficient (Wildman–Crippen LogP) is 8.85. The van der Waals surface area contributed by atoms with Crippen molar-refractivity contribution in [3.63, 3.8) is 0 Å². The van der Waals surface area contributed by atoms with Gasteiger partial charge in [-0.15, -0.1) is 0 Å². The number of hydrogen-bond acceptors (Lipinski definition) is 1. The zero-order valence-electron chi connectivity index (χ0n) is 19.1. The first kappa shape index (κ1) is 23.5. The molecule has 0 amide bonds. The lowest BCUT2D eigenvalue weighted by Gasteiger charge is -2.10. The molecule has 2 aromatic carbocycles. The maximum absolute atomic E-state index is 5.91. The molecule has 0 spiro atoms. The Morgan fingerprint density at radius 2 is 1.31 bits per heavy atom. The molecule has 0 aromatic heterocycles. The van der Waals surface area contributed by atoms with E-state index in [0.29, 0.717) is 0 Å². The fourth-order valence-electron chi connectivity index (χ4n) is 3.71. The van der Waals surface area contributed by atoms with Gasteiger partial charge in [0.25, 0.3) is 0 Å². The van der Waals surface area contributed by atoms with Crippen LogP contribution in [0.25, 0.3) is 11.1 Å². The van der Waals surface area contributed by atoms with Crippen molar-refractivity contribution in [1.82, 2.24) is 0 Å². The Kier molecular flexibility index (Phi) is 11.6. The Labute approximate surface area is 179 Å². The minimum Gasteiger partial charge on any atom is -0.494 e. The Morgan fingerprint density at radius 3 is 1.97 bits per heavy atom. The largest absolute Gasteiger partial charge is 0.494 e. The van der Waals surface area contributed by atoms with Gasteiger partial charge in [-0.1, -0.05) is 102 Å². The third-order valence-electron chi connectivity index (χ3n) is 6.02. The third-order valence-corrected chi connectivity index (χ3v) is 6.02. The number of rotatable bonds is 15. The Balaban J connectivity index is 1.70. The molecular formula is C28H42O. The van der Waals surface area contributed by atoms with Crippen molar-refractivity contribution in [3.8, 4) is 16.9 Å². The lowest BCUT2D eigenvalue weighted by atomic mass is 10.0. The Hall–Kier alpha value is -1.76. The van der Waals surface area contributed by atoms with Crippen molar-refractivity contribution in [1.29, 1.82) is 0 Å². The van der Waals surface area contributed by atoms with Crippen molar-refractivity contribution in [2.75, 3.05) is 6.61 Å². The van der Waals surface area contributed by atoms with Gasteiger partial charge in [0.1, 0.15) is 5.75 Å². The summed E-state index contributed by atoms with van der Waals surface area (Å²) in [6.07, 6.45) is 14.4. The highest BCUT2D eigenvalue weighted by atomic mass is 16.5. The van der Waals surface area contributed by atoms with Crippen molar-refractivity contribution in [2.45, 2.75) is 91.4 Å². The summed E-state index contributed by atoms with van der Waals surface area (Å²) in [6.45, 7) is 7.70. The molecule has 0 fully saturated rings. The maximum Gasteiger partial charge on any atom is 0.119 e. The van der Waals surface area contributed by atoms with E-state index in [0.717, 1.165) is 24.7 Å². The van der Waals surface area contributed by atoms with Gasteiger partial charge in [-0.2, -0.15) is 0 Å². The van der Waals surface area contributed by atoms with Crippen molar-refractivity contribution >= 4 is 0 Å². The normalized spacial score (nSPS) is 12.1. The molecular weight excluding hydrogens is 352 g/mol. The van der Waals surface area contributed by atoms with Gasteiger partial charge in [0, 0.05) is 0 Å². The predicted molar refractivity (Wildman–Crippen MR) is 128 cm³/mol. The maximum atomic E-state index is 5.91. The molecule has 160 valence electrons. The van der Waals surface area contributed by atoms with Crippen LogP contribution in [0.5, 0.6) is 5.75 Å². The van der Waals surface area contributed by atoms with E-state index in [-0.39, 0.29) is 0 Å². The lowest BCUT2D eigenvalue weighted by molar-refractivity contribution is 0.300. The summed E-state index contributed by atoms with van der Waals surface area (Å²) in [5, 5.41) is 0. The summed E-state index contributed by atoms with van der Waals surface area (Å²) < 4.78 is 5.91. The molecule has 0 N–H and O–H groups in total. The molecule has 0 saturated heterocycles. The van der Waals surface area contributed by atoms with Crippen LogP contribution in [0.4, 0.5) is 0 Å². The van der Waals surface area contributed by atoms with Gasteiger partial charge in [0.15, 0.2) is 0 Å². The van der Waals surface area contributed by atoms with E-state index >= 15 is 0 Å². The van der Waals surface area contributed by atoms with E-state index in [2.05, 4.69) is 69.3 Å². The summed E-state index contributed by atoms with van der Waals surface area (Å²) in [5.74, 6) is 1.82. The SMILES string of the molecule is CCCCCCCCc1ccc(-c2ccc(OCCCCC(C)CC)cc2)cc1. The molecule has 0 bridgehead atoms. The van der Waals surface area contributed by atoms with Crippen LogP contribution in [0.3, 0.4) is 0 Å². The topological polar surface area (TPSA) is 9.23 Å². The molecule has 0 heterocycles. The van der Waals surface area contributed by atoms with E-state index in [1.54, 1.807) is 0 Å². The summed E-state index contributed by atoms with van der Waals surface area (Å²) in [4.78, 5) is 0. The zero-order valence-corrected chi connectivity index (χ0v) is 19.1. The zero-order chi connectivity index (χ0) is 20.7. The van der Waals surface area contributed by atoms with Gasteiger partial charge in [0.2, 0.25) is 0 Å². The molecule has 0 radical (unpaired) electrons. The third kappa shape index (κ3) is 9.52. The van der Waals surface area contributed by atoms with Crippen molar-refractivity contribution in [2.24, 2.45) is 5.92 Å². The van der Waals surface area contributed by atoms with Gasteiger partial charge in [-0.05, 0) is 60.4 Å². The van der Waals surface area contributed by atoms with Crippen LogP contribution >= 0.6 is 0 Å². The monoisotopic (exact) mass is 394 g/mol. The van der Waals surface area contributed by atoms with Crippen LogP contribution in [-0.4, -0.2) is 6.61 Å². The summed E-state index contributed by atoms with van der Waals surface area (Å²) in [6, 6.07) is 17.7. The van der Waals surface area contributed by atoms with Crippen molar-refractivity contribution in [3.05, 3.63) is 54.1 Å². The van der Waals surface area contributed by atoms with Crippen LogP contribution in [0.1, 0.15) is 90.5 Å². The fraction of sp³-hybridized carbons (Fsp3) is 0.571. The average Bonchev–Trinajstić information content (AvgIpc) is 2.76. The number of benzene rings is 2. The smallest absolute Gasteiger partial charge is 0.119 e. The second kappa shape index (κ2) is 14.3. The van der Waals surface area contributed by atoms with Gasteiger partial charge in [-0.3, -0.25) is 0 Å². The molecule has 0 aliphatic heterocycles. The highest BCUT2D eigenvalue weighted by Crippen LogP contribution is 2.23. The standard InChI is InChI=1S/C28H42O/c1-4-6-7-8-9-10-14-25-15-17-26(18-16-25)27-19-21-28(22-20-27)29-23-12-11-13-24(3)5-2/h15-22,24H,4-14,23H2,1-3H3. The molecule has 0 saturated carbocycles. The van der Waals surface area contributed by atoms with Gasteiger partial charge >= 0.3 is 0 Å². The quantitative estimate of drug-likeness (QED) is 0.274. The molecule has 0 aliphatic rings. The summed E-state index contributed by atoms with van der Waals surface area (Å²) >= 11 is 0. The fourth-order valence-corrected chi connectivity index (χ4v) is 3.71. The molecule has 1 atom stereocenters. The number of ether oxygens (including phenoxy) is 1. The van der Waals surface area contributed by atoms with Crippen LogP contribution in [0, 0.1) is 5.92 Å². The molecule has 2 aromatic rings. The number of hydrogen-bond donors (Lipinski definition) is 0. The van der Waals surface area contributed by atoms with Crippen LogP contribution < -0.4 is 4.74 Å². The van der Waals surface area contributed by atoms with E-state index in [1.165, 1.54) is 80.9 Å². The average molecular weight is 395 g/mol. The Bertz CT molecular complexity index is 641. The highest BCUT2D eigenvalue weighted by molar-refractivity contribution is 5.64. The van der Waals surface area contributed by atoms with Gasteiger partial charge in [0.05, 0.1) is 6.61 Å². The molecule has 1 heteroatoms. The van der Waals surface area contributed by atoms with Crippen LogP contribution in [0.2, 0.25) is 0 Å². The van der Waals surface area contributed by atoms with Crippen LogP contribution in [0.15, 0.2) is 48.5 Å². The van der Waals surface area contributed by atoms with Gasteiger partial charge in [-0.25, -0.2) is 0 Å². The first-order valence-corrected chi connectivity index (χ1v) is 12.0. The van der Waals surface area contributed by atoms with E-state index < -0.39 is 0 Å². The lowest BCUT2D eigenvalue weighted by Crippen LogP contribution is -1.99. The summed E-state index contributed by atoms with van der Waals surface area (Å²) in [7, 11) is 0. The van der Waals surface area contributed by atoms with E-state index in [4.69, 9.17) is 4.74 Å².